The topological polar surface area (TPSA) is 76.2 Å². The van der Waals surface area contributed by atoms with Crippen molar-refractivity contribution in [3.05, 3.63) is 70.9 Å². The van der Waals surface area contributed by atoms with Gasteiger partial charge in [-0.15, -0.1) is 29.5 Å². The zero-order valence-electron chi connectivity index (χ0n) is 29.0. The Kier molecular flexibility index (Phi) is 11.4. The second-order valence-corrected chi connectivity index (χ2v) is 13.1. The third-order valence-electron chi connectivity index (χ3n) is 7.66. The fourth-order valence-corrected chi connectivity index (χ4v) is 6.31. The number of thiophene rings is 1. The third kappa shape index (κ3) is 8.44. The summed E-state index contributed by atoms with van der Waals surface area (Å²) in [6.07, 6.45) is 3.47. The minimum Gasteiger partial charge on any atom is -0.512 e. The fraction of sp³-hybridized carbons (Fsp3) is 0.432. The summed E-state index contributed by atoms with van der Waals surface area (Å²) in [7, 11) is 0. The van der Waals surface area contributed by atoms with Crippen LogP contribution in [-0.4, -0.2) is 20.9 Å². The van der Waals surface area contributed by atoms with Gasteiger partial charge < -0.3 is 9.52 Å². The van der Waals surface area contributed by atoms with Crippen LogP contribution in [0.4, 0.5) is 0 Å². The second-order valence-electron chi connectivity index (χ2n) is 12.1. The minimum atomic E-state index is -1.44. The average molecular weight is 792 g/mol. The Balaban J connectivity index is 0.000000309. The molecule has 0 aliphatic carbocycles. The third-order valence-corrected chi connectivity index (χ3v) is 8.62. The summed E-state index contributed by atoms with van der Waals surface area (Å²) < 4.78 is 23.3. The molecule has 0 saturated carbocycles. The van der Waals surface area contributed by atoms with Gasteiger partial charge in [0.25, 0.3) is 0 Å². The summed E-state index contributed by atoms with van der Waals surface area (Å²) in [4.78, 5) is 22.6. The van der Waals surface area contributed by atoms with Crippen molar-refractivity contribution in [2.45, 2.75) is 87.4 Å². The van der Waals surface area contributed by atoms with Crippen LogP contribution in [0.15, 0.2) is 58.7 Å². The molecule has 5 rings (SSSR count). The van der Waals surface area contributed by atoms with Gasteiger partial charge in [0.15, 0.2) is 5.78 Å². The summed E-state index contributed by atoms with van der Waals surface area (Å²) in [6, 6.07) is 17.0. The molecule has 1 aromatic carbocycles. The van der Waals surface area contributed by atoms with Gasteiger partial charge in [-0.1, -0.05) is 71.5 Å². The number of allylic oxidation sites excluding steroid dienone is 2. The number of carbonyl (C=O) groups excluding carboxylic acids is 1. The Morgan fingerprint density at radius 1 is 1.02 bits per heavy atom. The number of ketones is 1. The van der Waals surface area contributed by atoms with E-state index >= 15 is 0 Å². The number of rotatable bonds is 9. The number of carbonyl (C=O) groups is 1. The van der Waals surface area contributed by atoms with Crippen molar-refractivity contribution in [1.82, 2.24) is 9.97 Å². The van der Waals surface area contributed by atoms with E-state index in [2.05, 4.69) is 11.1 Å². The molecule has 44 heavy (non-hydrogen) atoms. The maximum absolute atomic E-state index is 11.7. The summed E-state index contributed by atoms with van der Waals surface area (Å²) in [5.41, 5.74) is 3.29. The molecule has 4 heterocycles. The van der Waals surface area contributed by atoms with E-state index < -0.39 is 11.8 Å². The van der Waals surface area contributed by atoms with Gasteiger partial charge in [0, 0.05) is 62.1 Å². The zero-order chi connectivity index (χ0) is 33.1. The number of pyridine rings is 2. The number of aryl methyl sites for hydroxylation is 1. The van der Waals surface area contributed by atoms with E-state index in [-0.39, 0.29) is 43.5 Å². The van der Waals surface area contributed by atoms with Crippen LogP contribution in [0, 0.1) is 30.2 Å². The van der Waals surface area contributed by atoms with Crippen molar-refractivity contribution in [3.63, 3.8) is 0 Å². The van der Waals surface area contributed by atoms with E-state index in [0.717, 1.165) is 69.2 Å². The first kappa shape index (κ1) is 32.5. The van der Waals surface area contributed by atoms with E-state index in [4.69, 9.17) is 12.1 Å². The molecule has 0 fully saturated rings. The molecule has 0 aliphatic rings. The monoisotopic (exact) mass is 792 g/mol. The average Bonchev–Trinajstić information content (AvgIpc) is 3.59. The van der Waals surface area contributed by atoms with Crippen LogP contribution in [0.5, 0.6) is 0 Å². The van der Waals surface area contributed by atoms with Crippen LogP contribution in [-0.2, 0) is 31.3 Å². The summed E-state index contributed by atoms with van der Waals surface area (Å²) >= 11 is 1.41. The van der Waals surface area contributed by atoms with Crippen LogP contribution in [0.25, 0.3) is 43.5 Å². The maximum Gasteiger partial charge on any atom is 0.216 e. The SMILES string of the molecule is CCC(CC)C(=O)/C=C(\O)C(CC)CC.[2H]C([2H])(c1cc2ccc(-c3[c-]ccc4c3oc3nc(C)ccc34)nc2s1)C(C)(C)C.[Ir]. The van der Waals surface area contributed by atoms with Gasteiger partial charge in [0.2, 0.25) is 5.71 Å². The fourth-order valence-electron chi connectivity index (χ4n) is 5.17. The summed E-state index contributed by atoms with van der Waals surface area (Å²) in [5, 5.41) is 12.7. The van der Waals surface area contributed by atoms with Gasteiger partial charge >= 0.3 is 0 Å². The van der Waals surface area contributed by atoms with Gasteiger partial charge in [-0.2, -0.15) is 0 Å². The van der Waals surface area contributed by atoms with E-state index in [1.165, 1.54) is 17.4 Å². The molecule has 0 unspecified atom stereocenters. The molecular formula is C37H45IrN2O3S-. The predicted molar refractivity (Wildman–Crippen MR) is 181 cm³/mol. The van der Waals surface area contributed by atoms with E-state index in [1.807, 2.05) is 97.9 Å². The number of hydrogen-bond acceptors (Lipinski definition) is 6. The minimum absolute atomic E-state index is 0. The number of nitrogens with zero attached hydrogens (tertiary/aromatic N) is 2. The first-order valence-corrected chi connectivity index (χ1v) is 16.1. The second kappa shape index (κ2) is 15.4. The van der Waals surface area contributed by atoms with Crippen molar-refractivity contribution in [2.24, 2.45) is 17.3 Å². The normalized spacial score (nSPS) is 13.2. The molecule has 1 radical (unpaired) electrons. The van der Waals surface area contributed by atoms with Gasteiger partial charge in [-0.3, -0.25) is 9.78 Å². The maximum atomic E-state index is 11.7. The Labute approximate surface area is 282 Å². The summed E-state index contributed by atoms with van der Waals surface area (Å²) in [5.74, 6) is 0.547. The molecule has 7 heteroatoms. The van der Waals surface area contributed by atoms with Gasteiger partial charge in [0.1, 0.15) is 4.83 Å². The van der Waals surface area contributed by atoms with Crippen molar-refractivity contribution in [1.29, 1.82) is 0 Å². The molecule has 0 amide bonds. The Morgan fingerprint density at radius 3 is 2.34 bits per heavy atom. The number of fused-ring (bicyclic) bond motifs is 4. The molecule has 4 aromatic heterocycles. The van der Waals surface area contributed by atoms with Crippen LogP contribution in [0.3, 0.4) is 0 Å². The van der Waals surface area contributed by atoms with Crippen LogP contribution in [0.2, 0.25) is 0 Å². The van der Waals surface area contributed by atoms with Crippen molar-refractivity contribution in [3.8, 4) is 11.3 Å². The van der Waals surface area contributed by atoms with E-state index in [0.29, 0.717) is 10.6 Å². The molecule has 0 saturated heterocycles. The van der Waals surface area contributed by atoms with Gasteiger partial charge in [-0.05, 0) is 68.3 Å². The predicted octanol–water partition coefficient (Wildman–Crippen LogP) is 10.8. The molecule has 237 valence electrons. The van der Waals surface area contributed by atoms with Crippen LogP contribution in [0.1, 0.15) is 87.5 Å². The Bertz CT molecular complexity index is 1830. The quantitative estimate of drug-likeness (QED) is 0.0914. The van der Waals surface area contributed by atoms with Crippen LogP contribution >= 0.6 is 11.3 Å². The molecule has 1 N–H and O–H groups in total. The number of hydrogen-bond donors (Lipinski definition) is 1. The smallest absolute Gasteiger partial charge is 0.216 e. The van der Waals surface area contributed by atoms with E-state index in [9.17, 15) is 9.90 Å². The largest absolute Gasteiger partial charge is 0.512 e. The molecule has 0 bridgehead atoms. The Morgan fingerprint density at radius 2 is 1.70 bits per heavy atom. The first-order chi connectivity index (χ1) is 21.2. The standard InChI is InChI=1S/C24H21N2OS.C13H24O2.Ir/c1-14-8-10-18-17-6-5-7-19(21(17)27-22(18)25-14)20-11-9-15-12-16(13-24(2,3)4)28-23(15)26-20;1-5-10(6-2)12(14)9-13(15)11(7-3)8-4;/h5-6,8-12H,13H2,1-4H3;9-11,14H,5-8H2,1-4H3;/q-1;;/b;12-9-;/i13D2;;. The first-order valence-electron chi connectivity index (χ1n) is 16.3. The molecule has 5 nitrogen and oxygen atoms in total. The number of benzene rings is 1. The molecule has 0 aliphatic heterocycles. The van der Waals surface area contributed by atoms with Crippen molar-refractivity contribution in [2.75, 3.05) is 0 Å². The molecule has 0 spiro atoms. The molecular weight excluding hydrogens is 745 g/mol. The number of aliphatic hydroxyl groups excluding tert-OH is 1. The Hall–Kier alpha value is -2.86. The van der Waals surface area contributed by atoms with Crippen molar-refractivity contribution >= 4 is 49.4 Å². The van der Waals surface area contributed by atoms with Crippen molar-refractivity contribution < 1.29 is 37.2 Å². The number of aliphatic hydroxyl groups is 1. The van der Waals surface area contributed by atoms with Crippen LogP contribution < -0.4 is 0 Å². The molecule has 0 atom stereocenters. The summed E-state index contributed by atoms with van der Waals surface area (Å²) in [6.45, 7) is 15.8. The van der Waals surface area contributed by atoms with E-state index in [1.54, 1.807) is 0 Å². The zero-order valence-corrected chi connectivity index (χ0v) is 30.2. The number of furan rings is 1. The molecule has 5 aromatic rings. The van der Waals surface area contributed by atoms with Gasteiger partial charge in [0.05, 0.1) is 11.3 Å². The van der Waals surface area contributed by atoms with Gasteiger partial charge in [-0.25, -0.2) is 4.98 Å². The number of aromatic nitrogens is 2.